The van der Waals surface area contributed by atoms with Crippen LogP contribution in [0.4, 0.5) is 0 Å². The molecule has 0 unspecified atom stereocenters. The molecule has 0 saturated heterocycles. The molecule has 0 atom stereocenters. The van der Waals surface area contributed by atoms with Crippen molar-refractivity contribution in [3.63, 3.8) is 0 Å². The maximum atomic E-state index is 6.02. The van der Waals surface area contributed by atoms with Crippen LogP contribution >= 0.6 is 23.2 Å². The van der Waals surface area contributed by atoms with Gasteiger partial charge in [-0.1, -0.05) is 23.2 Å². The lowest BCUT2D eigenvalue weighted by molar-refractivity contribution is 0.563. The van der Waals surface area contributed by atoms with E-state index in [1.54, 1.807) is 25.1 Å². The lowest BCUT2D eigenvalue weighted by Gasteiger charge is -1.99. The molecule has 2 heterocycles. The molecule has 80 valence electrons. The number of rotatable bonds is 0. The average Bonchev–Trinajstić information content (AvgIpc) is 2.62. The summed E-state index contributed by atoms with van der Waals surface area (Å²) >= 11 is 12.0. The van der Waals surface area contributed by atoms with E-state index in [-0.39, 0.29) is 0 Å². The van der Waals surface area contributed by atoms with Crippen molar-refractivity contribution in [2.75, 3.05) is 0 Å². The van der Waals surface area contributed by atoms with Crippen LogP contribution in [0, 0.1) is 6.92 Å². The van der Waals surface area contributed by atoms with Crippen LogP contribution in [-0.4, -0.2) is 9.97 Å². The molecule has 5 heteroatoms. The summed E-state index contributed by atoms with van der Waals surface area (Å²) in [5, 5.41) is 1.81. The van der Waals surface area contributed by atoms with Crippen LogP contribution < -0.4 is 0 Å². The normalized spacial score (nSPS) is 11.4. The van der Waals surface area contributed by atoms with Gasteiger partial charge >= 0.3 is 0 Å². The molecule has 16 heavy (non-hydrogen) atoms. The number of halogens is 2. The van der Waals surface area contributed by atoms with Crippen molar-refractivity contribution in [2.24, 2.45) is 0 Å². The Hall–Kier alpha value is -1.32. The Morgan fingerprint density at radius 2 is 2.00 bits per heavy atom. The van der Waals surface area contributed by atoms with Gasteiger partial charge in [-0.05, 0) is 18.2 Å². The maximum Gasteiger partial charge on any atom is 0.192 e. The van der Waals surface area contributed by atoms with Gasteiger partial charge in [-0.25, -0.2) is 9.97 Å². The summed E-state index contributed by atoms with van der Waals surface area (Å²) in [6.07, 6.45) is 0. The van der Waals surface area contributed by atoms with Gasteiger partial charge in [0.1, 0.15) is 5.52 Å². The molecule has 0 N–H and O–H groups in total. The van der Waals surface area contributed by atoms with Crippen molar-refractivity contribution in [1.82, 2.24) is 9.97 Å². The summed E-state index contributed by atoms with van der Waals surface area (Å²) in [6.45, 7) is 1.77. The molecule has 3 aromatic rings. The largest absolute Gasteiger partial charge is 0.440 e. The number of pyridine rings is 1. The number of benzene rings is 1. The Labute approximate surface area is 101 Å². The molecule has 0 amide bonds. The van der Waals surface area contributed by atoms with Gasteiger partial charge in [-0.3, -0.25) is 0 Å². The SMILES string of the molecule is Cc1nc2c(Cl)nc3ccc(Cl)cc3c2o1. The molecular formula is C11H6Cl2N2O. The van der Waals surface area contributed by atoms with Crippen LogP contribution in [0.2, 0.25) is 10.2 Å². The second-order valence-electron chi connectivity index (χ2n) is 3.47. The molecule has 3 nitrogen and oxygen atoms in total. The molecule has 0 fully saturated rings. The van der Waals surface area contributed by atoms with Crippen LogP contribution in [0.5, 0.6) is 0 Å². The second-order valence-corrected chi connectivity index (χ2v) is 4.27. The second kappa shape index (κ2) is 3.34. The van der Waals surface area contributed by atoms with E-state index < -0.39 is 0 Å². The summed E-state index contributed by atoms with van der Waals surface area (Å²) in [5.41, 5.74) is 1.96. The van der Waals surface area contributed by atoms with E-state index in [9.17, 15) is 0 Å². The van der Waals surface area contributed by atoms with Crippen LogP contribution in [0.3, 0.4) is 0 Å². The molecule has 3 rings (SSSR count). The molecule has 0 aliphatic rings. The number of hydrogen-bond donors (Lipinski definition) is 0. The van der Waals surface area contributed by atoms with E-state index in [0.29, 0.717) is 27.2 Å². The van der Waals surface area contributed by atoms with Crippen molar-refractivity contribution < 1.29 is 4.42 Å². The fourth-order valence-electron chi connectivity index (χ4n) is 1.70. The highest BCUT2D eigenvalue weighted by atomic mass is 35.5. The van der Waals surface area contributed by atoms with E-state index in [1.807, 2.05) is 0 Å². The highest BCUT2D eigenvalue weighted by molar-refractivity contribution is 6.35. The first-order chi connectivity index (χ1) is 7.65. The fourth-order valence-corrected chi connectivity index (χ4v) is 2.09. The van der Waals surface area contributed by atoms with Crippen LogP contribution in [-0.2, 0) is 0 Å². The van der Waals surface area contributed by atoms with Gasteiger partial charge < -0.3 is 4.42 Å². The van der Waals surface area contributed by atoms with Crippen LogP contribution in [0.15, 0.2) is 22.6 Å². The van der Waals surface area contributed by atoms with E-state index >= 15 is 0 Å². The van der Waals surface area contributed by atoms with Gasteiger partial charge in [0.15, 0.2) is 16.6 Å². The molecule has 0 saturated carbocycles. The summed E-state index contributed by atoms with van der Waals surface area (Å²) in [6, 6.07) is 5.37. The minimum Gasteiger partial charge on any atom is -0.440 e. The van der Waals surface area contributed by atoms with Gasteiger partial charge in [0.2, 0.25) is 0 Å². The third-order valence-electron chi connectivity index (χ3n) is 2.35. The van der Waals surface area contributed by atoms with Gasteiger partial charge in [0.25, 0.3) is 0 Å². The van der Waals surface area contributed by atoms with Crippen molar-refractivity contribution in [3.05, 3.63) is 34.3 Å². The number of nitrogens with zero attached hydrogens (tertiary/aromatic N) is 2. The highest BCUT2D eigenvalue weighted by Crippen LogP contribution is 2.30. The third kappa shape index (κ3) is 1.36. The number of hydrogen-bond acceptors (Lipinski definition) is 3. The Morgan fingerprint density at radius 3 is 2.81 bits per heavy atom. The maximum absolute atomic E-state index is 6.02. The topological polar surface area (TPSA) is 38.9 Å². The van der Waals surface area contributed by atoms with Crippen LogP contribution in [0.25, 0.3) is 22.0 Å². The molecule has 0 radical (unpaired) electrons. The lowest BCUT2D eigenvalue weighted by Crippen LogP contribution is -1.82. The van der Waals surface area contributed by atoms with E-state index in [0.717, 1.165) is 10.9 Å². The van der Waals surface area contributed by atoms with Gasteiger partial charge in [-0.15, -0.1) is 0 Å². The van der Waals surface area contributed by atoms with Crippen molar-refractivity contribution >= 4 is 45.2 Å². The number of fused-ring (bicyclic) bond motifs is 3. The third-order valence-corrected chi connectivity index (χ3v) is 2.85. The molecule has 0 aliphatic carbocycles. The van der Waals surface area contributed by atoms with Gasteiger partial charge in [0, 0.05) is 17.3 Å². The predicted octanol–water partition coefficient (Wildman–Crippen LogP) is 3.99. The van der Waals surface area contributed by atoms with Gasteiger partial charge in [-0.2, -0.15) is 0 Å². The number of aromatic nitrogens is 2. The first-order valence-corrected chi connectivity index (χ1v) is 5.42. The molecule has 2 aromatic heterocycles. The Bertz CT molecular complexity index is 706. The summed E-state index contributed by atoms with van der Waals surface area (Å²) in [5.74, 6) is 0.561. The summed E-state index contributed by atoms with van der Waals surface area (Å²) in [7, 11) is 0. The molecule has 0 spiro atoms. The quantitative estimate of drug-likeness (QED) is 0.568. The summed E-state index contributed by atoms with van der Waals surface area (Å²) in [4.78, 5) is 8.43. The minimum atomic E-state index is 0.349. The zero-order chi connectivity index (χ0) is 11.3. The van der Waals surface area contributed by atoms with Gasteiger partial charge in [0.05, 0.1) is 5.52 Å². The minimum absolute atomic E-state index is 0.349. The molecule has 1 aromatic carbocycles. The Balaban J connectivity index is 2.59. The van der Waals surface area contributed by atoms with Crippen LogP contribution in [0.1, 0.15) is 5.89 Å². The zero-order valence-corrected chi connectivity index (χ0v) is 9.80. The lowest BCUT2D eigenvalue weighted by atomic mass is 10.2. The van der Waals surface area contributed by atoms with E-state index in [1.165, 1.54) is 0 Å². The Kier molecular flexibility index (Phi) is 2.06. The monoisotopic (exact) mass is 252 g/mol. The fraction of sp³-hybridized carbons (Fsp3) is 0.0909. The summed E-state index contributed by atoms with van der Waals surface area (Å²) < 4.78 is 5.52. The van der Waals surface area contributed by atoms with E-state index in [4.69, 9.17) is 27.6 Å². The zero-order valence-electron chi connectivity index (χ0n) is 8.29. The average molecular weight is 253 g/mol. The number of aryl methyl sites for hydroxylation is 1. The molecule has 0 bridgehead atoms. The first-order valence-electron chi connectivity index (χ1n) is 4.67. The van der Waals surface area contributed by atoms with Crippen molar-refractivity contribution in [3.8, 4) is 0 Å². The van der Waals surface area contributed by atoms with Crippen molar-refractivity contribution in [1.29, 1.82) is 0 Å². The molecular weight excluding hydrogens is 247 g/mol. The highest BCUT2D eigenvalue weighted by Gasteiger charge is 2.12. The van der Waals surface area contributed by atoms with Crippen molar-refractivity contribution in [2.45, 2.75) is 6.92 Å². The predicted molar refractivity (Wildman–Crippen MR) is 64.1 cm³/mol. The number of oxazole rings is 1. The molecule has 0 aliphatic heterocycles. The first kappa shape index (κ1) is 9.87. The van der Waals surface area contributed by atoms with E-state index in [2.05, 4.69) is 9.97 Å². The standard InChI is InChI=1S/C11H6Cl2N2O/c1-5-14-9-10(16-5)7-4-6(12)2-3-8(7)15-11(9)13/h2-4H,1H3. The smallest absolute Gasteiger partial charge is 0.192 e. The Morgan fingerprint density at radius 1 is 1.19 bits per heavy atom.